The van der Waals surface area contributed by atoms with Crippen LogP contribution >= 0.6 is 0 Å². The third-order valence-electron chi connectivity index (χ3n) is 3.92. The maximum absolute atomic E-state index is 13.6. The first-order valence-electron chi connectivity index (χ1n) is 7.69. The lowest BCUT2D eigenvalue weighted by Crippen LogP contribution is -2.33. The third-order valence-corrected chi connectivity index (χ3v) is 5.26. The Hall–Kier alpha value is -2.43. The number of hydrogen-bond acceptors (Lipinski definition) is 4. The molecule has 0 aliphatic carbocycles. The molecular weight excluding hydrogens is 391 g/mol. The van der Waals surface area contributed by atoms with Gasteiger partial charge in [-0.3, -0.25) is 9.19 Å². The Labute approximate surface area is 152 Å². The highest BCUT2D eigenvalue weighted by Gasteiger charge is 2.59. The second kappa shape index (κ2) is 6.63. The van der Waals surface area contributed by atoms with Crippen LogP contribution in [0.3, 0.4) is 0 Å². The topological polar surface area (TPSA) is 60.7 Å². The van der Waals surface area contributed by atoms with Crippen LogP contribution in [0.2, 0.25) is 0 Å². The quantitative estimate of drug-likeness (QED) is 0.621. The molecule has 0 fully saturated rings. The second-order valence-corrected chi connectivity index (χ2v) is 7.33. The van der Waals surface area contributed by atoms with Gasteiger partial charge in [0.15, 0.2) is 11.5 Å². The van der Waals surface area contributed by atoms with Gasteiger partial charge in [-0.25, -0.2) is 9.97 Å². The number of fused-ring (bicyclic) bond motifs is 1. The molecule has 11 heteroatoms. The molecule has 3 heterocycles. The Kier molecular flexibility index (Phi) is 4.74. The first-order valence-corrected chi connectivity index (χ1v) is 9.01. The van der Waals surface area contributed by atoms with E-state index >= 15 is 0 Å². The van der Waals surface area contributed by atoms with Crippen molar-refractivity contribution in [2.24, 2.45) is 7.05 Å². The Bertz CT molecular complexity index is 1030. The van der Waals surface area contributed by atoms with E-state index in [2.05, 4.69) is 15.0 Å². The molecule has 5 nitrogen and oxygen atoms in total. The molecule has 0 aliphatic heterocycles. The van der Waals surface area contributed by atoms with Gasteiger partial charge in [0.2, 0.25) is 0 Å². The molecule has 3 aromatic heterocycles. The van der Waals surface area contributed by atoms with Gasteiger partial charge in [-0.05, 0) is 18.2 Å². The van der Waals surface area contributed by atoms with Crippen molar-refractivity contribution in [2.75, 3.05) is 5.75 Å². The fourth-order valence-electron chi connectivity index (χ4n) is 2.52. The number of hydrogen-bond donors (Lipinski definition) is 0. The monoisotopic (exact) mass is 404 g/mol. The van der Waals surface area contributed by atoms with Crippen molar-refractivity contribution >= 4 is 22.0 Å². The predicted molar refractivity (Wildman–Crippen MR) is 88.6 cm³/mol. The van der Waals surface area contributed by atoms with E-state index in [1.165, 1.54) is 17.8 Å². The average molecular weight is 404 g/mol. The van der Waals surface area contributed by atoms with Crippen molar-refractivity contribution < 1.29 is 26.2 Å². The normalized spacial score (nSPS) is 13.9. The van der Waals surface area contributed by atoms with Crippen molar-refractivity contribution in [3.05, 3.63) is 36.2 Å². The molecule has 3 aromatic rings. The maximum Gasteiger partial charge on any atom is 0.458 e. The number of halogens is 5. The Morgan fingerprint density at radius 2 is 1.89 bits per heavy atom. The van der Waals surface area contributed by atoms with Crippen LogP contribution in [0.15, 0.2) is 35.5 Å². The lowest BCUT2D eigenvalue weighted by atomic mass is 10.1. The van der Waals surface area contributed by atoms with Crippen LogP contribution in [0.5, 0.6) is 0 Å². The SMILES string of the molecule is CCS(=O)c1cccnc1-c1nc2cc(C(F)(F)C(F)(F)F)cnc2n1C. The summed E-state index contributed by atoms with van der Waals surface area (Å²) in [7, 11) is 0.153. The van der Waals surface area contributed by atoms with Crippen LogP contribution in [-0.2, 0) is 23.8 Å². The average Bonchev–Trinajstić information content (AvgIpc) is 2.96. The third kappa shape index (κ3) is 3.20. The van der Waals surface area contributed by atoms with Gasteiger partial charge in [-0.2, -0.15) is 22.0 Å². The summed E-state index contributed by atoms with van der Waals surface area (Å²) in [4.78, 5) is 12.4. The van der Waals surface area contributed by atoms with Crippen molar-refractivity contribution in [2.45, 2.75) is 23.9 Å². The summed E-state index contributed by atoms with van der Waals surface area (Å²) in [6.07, 6.45) is -3.82. The number of nitrogens with zero attached hydrogens (tertiary/aromatic N) is 4. The Balaban J connectivity index is 2.19. The number of alkyl halides is 5. The minimum atomic E-state index is -5.74. The van der Waals surface area contributed by atoms with Gasteiger partial charge < -0.3 is 4.57 Å². The Morgan fingerprint density at radius 1 is 1.19 bits per heavy atom. The number of imidazole rings is 1. The van der Waals surface area contributed by atoms with Gasteiger partial charge in [0.05, 0.1) is 21.3 Å². The molecule has 0 radical (unpaired) electrons. The molecular formula is C16H13F5N4OS. The van der Waals surface area contributed by atoms with Crippen LogP contribution in [-0.4, -0.2) is 35.7 Å². The van der Waals surface area contributed by atoms with Crippen molar-refractivity contribution in [1.29, 1.82) is 0 Å². The molecule has 1 atom stereocenters. The van der Waals surface area contributed by atoms with E-state index in [0.717, 1.165) is 0 Å². The molecule has 144 valence electrons. The summed E-state index contributed by atoms with van der Waals surface area (Å²) in [6, 6.07) is 3.84. The molecule has 0 aromatic carbocycles. The van der Waals surface area contributed by atoms with Crippen LogP contribution < -0.4 is 0 Å². The molecule has 0 spiro atoms. The maximum atomic E-state index is 13.6. The van der Waals surface area contributed by atoms with Crippen LogP contribution in [0, 0.1) is 0 Å². The first kappa shape index (κ1) is 19.3. The first-order chi connectivity index (χ1) is 12.6. The summed E-state index contributed by atoms with van der Waals surface area (Å²) in [5.41, 5.74) is -1.09. The minimum absolute atomic E-state index is 0.102. The zero-order valence-electron chi connectivity index (χ0n) is 14.1. The van der Waals surface area contributed by atoms with Gasteiger partial charge in [0.1, 0.15) is 11.2 Å². The summed E-state index contributed by atoms with van der Waals surface area (Å²) in [5, 5.41) is 0. The summed E-state index contributed by atoms with van der Waals surface area (Å²) >= 11 is 0. The molecule has 0 aliphatic rings. The van der Waals surface area contributed by atoms with E-state index in [1.807, 2.05) is 0 Å². The number of rotatable bonds is 4. The molecule has 0 saturated carbocycles. The van der Waals surface area contributed by atoms with E-state index in [9.17, 15) is 26.2 Å². The summed E-state index contributed by atoms with van der Waals surface area (Å²) in [6.45, 7) is 1.72. The minimum Gasteiger partial charge on any atom is -0.310 e. The largest absolute Gasteiger partial charge is 0.458 e. The van der Waals surface area contributed by atoms with Crippen LogP contribution in [0.1, 0.15) is 12.5 Å². The highest BCUT2D eigenvalue weighted by atomic mass is 32.2. The van der Waals surface area contributed by atoms with Crippen LogP contribution in [0.4, 0.5) is 22.0 Å². The van der Waals surface area contributed by atoms with Crippen molar-refractivity contribution in [3.8, 4) is 11.5 Å². The molecule has 1 unspecified atom stereocenters. The van der Waals surface area contributed by atoms with E-state index in [1.54, 1.807) is 19.1 Å². The number of aryl methyl sites for hydroxylation is 1. The smallest absolute Gasteiger partial charge is 0.310 e. The lowest BCUT2D eigenvalue weighted by Gasteiger charge is -2.19. The van der Waals surface area contributed by atoms with E-state index in [4.69, 9.17) is 0 Å². The van der Waals surface area contributed by atoms with Gasteiger partial charge in [-0.15, -0.1) is 0 Å². The molecule has 0 N–H and O–H groups in total. The zero-order valence-corrected chi connectivity index (χ0v) is 14.9. The van der Waals surface area contributed by atoms with Gasteiger partial charge in [-0.1, -0.05) is 6.92 Å². The second-order valence-electron chi connectivity index (χ2n) is 5.62. The van der Waals surface area contributed by atoms with E-state index in [-0.39, 0.29) is 22.7 Å². The van der Waals surface area contributed by atoms with Gasteiger partial charge in [0.25, 0.3) is 0 Å². The number of pyridine rings is 2. The summed E-state index contributed by atoms with van der Waals surface area (Å²) in [5.74, 6) is -4.56. The fraction of sp³-hybridized carbons (Fsp3) is 0.312. The number of aromatic nitrogens is 4. The fourth-order valence-corrected chi connectivity index (χ4v) is 3.42. The standard InChI is InChI=1S/C16H13F5N4OS/c1-3-27(26)11-5-4-6-22-12(11)14-24-10-7-9(8-23-13(10)25(14)2)15(17,18)16(19,20)21/h4-8H,3H2,1-2H3. The van der Waals surface area contributed by atoms with E-state index in [0.29, 0.717) is 22.9 Å². The molecule has 27 heavy (non-hydrogen) atoms. The van der Waals surface area contributed by atoms with Gasteiger partial charge >= 0.3 is 12.1 Å². The van der Waals surface area contributed by atoms with Gasteiger partial charge in [0, 0.05) is 25.2 Å². The molecule has 3 rings (SSSR count). The predicted octanol–water partition coefficient (Wildman–Crippen LogP) is 3.81. The highest BCUT2D eigenvalue weighted by molar-refractivity contribution is 7.85. The van der Waals surface area contributed by atoms with Crippen molar-refractivity contribution in [3.63, 3.8) is 0 Å². The van der Waals surface area contributed by atoms with E-state index < -0.39 is 28.5 Å². The summed E-state index contributed by atoms with van der Waals surface area (Å²) < 4.78 is 78.6. The van der Waals surface area contributed by atoms with Crippen molar-refractivity contribution in [1.82, 2.24) is 19.5 Å². The lowest BCUT2D eigenvalue weighted by molar-refractivity contribution is -0.289. The van der Waals surface area contributed by atoms with Crippen LogP contribution in [0.25, 0.3) is 22.7 Å². The zero-order chi connectivity index (χ0) is 20.0. The highest BCUT2D eigenvalue weighted by Crippen LogP contribution is 2.44. The molecule has 0 bridgehead atoms. The molecule has 0 saturated heterocycles. The molecule has 0 amide bonds. The Morgan fingerprint density at radius 3 is 2.52 bits per heavy atom.